The van der Waals surface area contributed by atoms with E-state index in [4.69, 9.17) is 9.47 Å². The number of hydrogen-bond acceptors (Lipinski definition) is 7. The summed E-state index contributed by atoms with van der Waals surface area (Å²) in [5.74, 6) is -1.69. The summed E-state index contributed by atoms with van der Waals surface area (Å²) in [7, 11) is 3.99. The van der Waals surface area contributed by atoms with Crippen molar-refractivity contribution >= 4 is 17.9 Å². The number of rotatable bonds is 18. The second-order valence-electron chi connectivity index (χ2n) is 10.7. The summed E-state index contributed by atoms with van der Waals surface area (Å²) in [4.78, 5) is 38.9. The SMILES string of the molecule is CCCCOC(=O)C(C)(C)CCC(CCC)(CCC(C)(CC)C(=O)OCC[NH+](C)C)C(=O)[O-].[OH-]. The van der Waals surface area contributed by atoms with Crippen LogP contribution in [-0.4, -0.2) is 57.2 Å². The van der Waals surface area contributed by atoms with Gasteiger partial charge in [0.1, 0.15) is 13.2 Å². The largest absolute Gasteiger partial charge is 0.870 e. The standard InChI is InChI=1S/C26H49NO6.H2O/c1-9-12-19-32-22(30)24(4,5)14-16-26(13-10-2,21(28)29)17-15-25(6,11-3)23(31)33-20-18-27(7)8;/h9-20H2,1-8H3,(H,28,29);1H2/p-1. The van der Waals surface area contributed by atoms with Crippen LogP contribution < -0.4 is 10.0 Å². The Morgan fingerprint density at radius 3 is 1.82 bits per heavy atom. The number of carboxylic acids is 1. The van der Waals surface area contributed by atoms with Gasteiger partial charge in [0.05, 0.1) is 31.5 Å². The monoisotopic (exact) mass is 488 g/mol. The van der Waals surface area contributed by atoms with Crippen molar-refractivity contribution in [2.24, 2.45) is 16.2 Å². The molecule has 0 bridgehead atoms. The molecule has 8 heteroatoms. The molecular weight excluding hydrogens is 438 g/mol. The Morgan fingerprint density at radius 2 is 1.35 bits per heavy atom. The van der Waals surface area contributed by atoms with Crippen LogP contribution in [0.3, 0.4) is 0 Å². The van der Waals surface area contributed by atoms with Gasteiger partial charge in [-0.1, -0.05) is 33.6 Å². The number of aliphatic carboxylic acids is 1. The number of unbranched alkanes of at least 4 members (excludes halogenated alkanes) is 1. The summed E-state index contributed by atoms with van der Waals surface area (Å²) in [6.45, 7) is 12.8. The van der Waals surface area contributed by atoms with Crippen LogP contribution in [0.5, 0.6) is 0 Å². The van der Waals surface area contributed by atoms with Crippen LogP contribution in [0.15, 0.2) is 0 Å². The van der Waals surface area contributed by atoms with Gasteiger partial charge in [0.25, 0.3) is 0 Å². The number of ether oxygens (including phenoxy) is 2. The number of quaternary nitrogens is 1. The van der Waals surface area contributed by atoms with Gasteiger partial charge in [-0.2, -0.15) is 0 Å². The fourth-order valence-electron chi connectivity index (χ4n) is 3.78. The van der Waals surface area contributed by atoms with E-state index in [0.717, 1.165) is 12.8 Å². The van der Waals surface area contributed by atoms with Crippen molar-refractivity contribution in [3.8, 4) is 0 Å². The highest BCUT2D eigenvalue weighted by molar-refractivity contribution is 5.77. The van der Waals surface area contributed by atoms with E-state index < -0.39 is 22.2 Å². The van der Waals surface area contributed by atoms with E-state index in [2.05, 4.69) is 0 Å². The fraction of sp³-hybridized carbons (Fsp3) is 0.885. The summed E-state index contributed by atoms with van der Waals surface area (Å²) >= 11 is 0. The number of esters is 2. The first-order valence-electron chi connectivity index (χ1n) is 12.6. The maximum Gasteiger partial charge on any atom is 0.311 e. The summed E-state index contributed by atoms with van der Waals surface area (Å²) in [5.41, 5.74) is -2.64. The highest BCUT2D eigenvalue weighted by atomic mass is 16.5. The molecule has 0 rings (SSSR count). The average Bonchev–Trinajstić information content (AvgIpc) is 2.75. The van der Waals surface area contributed by atoms with Crippen molar-refractivity contribution < 1.29 is 39.3 Å². The lowest BCUT2D eigenvalue weighted by Crippen LogP contribution is -3.06. The minimum absolute atomic E-state index is 0. The Hall–Kier alpha value is -1.67. The molecule has 0 fully saturated rings. The molecule has 0 aliphatic carbocycles. The van der Waals surface area contributed by atoms with Gasteiger partial charge in [0.15, 0.2) is 0 Å². The van der Waals surface area contributed by atoms with E-state index in [-0.39, 0.29) is 17.4 Å². The van der Waals surface area contributed by atoms with Crippen LogP contribution in [0.25, 0.3) is 0 Å². The predicted molar refractivity (Wildman–Crippen MR) is 129 cm³/mol. The van der Waals surface area contributed by atoms with Crippen LogP contribution >= 0.6 is 0 Å². The van der Waals surface area contributed by atoms with Gasteiger partial charge in [-0.15, -0.1) is 0 Å². The molecule has 0 aromatic heterocycles. The third-order valence-corrected chi connectivity index (χ3v) is 6.94. The Balaban J connectivity index is 0. The van der Waals surface area contributed by atoms with Crippen LogP contribution in [0.4, 0.5) is 0 Å². The van der Waals surface area contributed by atoms with Gasteiger partial charge in [-0.05, 0) is 65.7 Å². The van der Waals surface area contributed by atoms with Gasteiger partial charge in [-0.25, -0.2) is 0 Å². The third kappa shape index (κ3) is 11.2. The van der Waals surface area contributed by atoms with E-state index >= 15 is 0 Å². The summed E-state index contributed by atoms with van der Waals surface area (Å²) in [5, 5.41) is 12.4. The zero-order valence-electron chi connectivity index (χ0n) is 22.9. The van der Waals surface area contributed by atoms with E-state index in [9.17, 15) is 19.5 Å². The molecular formula is C26H50NO7-. The average molecular weight is 489 g/mol. The molecule has 0 spiro atoms. The third-order valence-electron chi connectivity index (χ3n) is 6.94. The molecule has 2 unspecified atom stereocenters. The minimum atomic E-state index is -1.11. The zero-order chi connectivity index (χ0) is 25.7. The minimum Gasteiger partial charge on any atom is -0.870 e. The molecule has 0 radical (unpaired) electrons. The molecule has 0 aliphatic rings. The van der Waals surface area contributed by atoms with Crippen LogP contribution in [0, 0.1) is 16.2 Å². The van der Waals surface area contributed by atoms with Crippen molar-refractivity contribution in [2.45, 2.75) is 99.3 Å². The lowest BCUT2D eigenvalue weighted by atomic mass is 9.68. The van der Waals surface area contributed by atoms with E-state index in [1.165, 1.54) is 4.90 Å². The number of carbonyl (C=O) groups is 3. The smallest absolute Gasteiger partial charge is 0.311 e. The molecule has 0 aromatic rings. The number of nitrogens with one attached hydrogen (secondary N) is 1. The van der Waals surface area contributed by atoms with Crippen molar-refractivity contribution in [1.82, 2.24) is 0 Å². The first kappa shape index (κ1) is 34.5. The molecule has 2 atom stereocenters. The highest BCUT2D eigenvalue weighted by Gasteiger charge is 2.40. The Kier molecular flexibility index (Phi) is 16.3. The lowest BCUT2D eigenvalue weighted by molar-refractivity contribution is -0.858. The second-order valence-corrected chi connectivity index (χ2v) is 10.7. The van der Waals surface area contributed by atoms with Gasteiger partial charge in [0.2, 0.25) is 0 Å². The normalized spacial score (nSPS) is 15.1. The highest BCUT2D eigenvalue weighted by Crippen LogP contribution is 2.42. The van der Waals surface area contributed by atoms with Gasteiger partial charge < -0.3 is 29.8 Å². The topological polar surface area (TPSA) is 127 Å². The zero-order valence-corrected chi connectivity index (χ0v) is 22.9. The van der Waals surface area contributed by atoms with E-state index in [1.807, 2.05) is 41.8 Å². The molecule has 0 aliphatic heterocycles. The Labute approximate surface area is 207 Å². The van der Waals surface area contributed by atoms with Crippen molar-refractivity contribution in [1.29, 1.82) is 0 Å². The Bertz CT molecular complexity index is 620. The quantitative estimate of drug-likeness (QED) is 0.232. The van der Waals surface area contributed by atoms with Crippen molar-refractivity contribution in [2.75, 3.05) is 33.9 Å². The molecule has 202 valence electrons. The first-order chi connectivity index (χ1) is 15.3. The van der Waals surface area contributed by atoms with E-state index in [1.54, 1.807) is 13.8 Å². The van der Waals surface area contributed by atoms with Crippen molar-refractivity contribution in [3.63, 3.8) is 0 Å². The number of carbonyl (C=O) groups excluding carboxylic acids is 3. The molecule has 0 aromatic carbocycles. The number of carboxylic acid groups (broad SMARTS) is 1. The summed E-state index contributed by atoms with van der Waals surface area (Å²) in [6, 6.07) is 0. The van der Waals surface area contributed by atoms with Gasteiger partial charge in [-0.3, -0.25) is 9.59 Å². The number of hydrogen-bond donors (Lipinski definition) is 1. The van der Waals surface area contributed by atoms with Crippen molar-refractivity contribution in [3.05, 3.63) is 0 Å². The van der Waals surface area contributed by atoms with Gasteiger partial charge in [0, 0.05) is 11.4 Å². The van der Waals surface area contributed by atoms with Gasteiger partial charge >= 0.3 is 11.9 Å². The molecule has 0 saturated carbocycles. The lowest BCUT2D eigenvalue weighted by Gasteiger charge is -2.39. The Morgan fingerprint density at radius 1 is 0.794 bits per heavy atom. The van der Waals surface area contributed by atoms with Crippen LogP contribution in [0.1, 0.15) is 99.3 Å². The fourth-order valence-corrected chi connectivity index (χ4v) is 3.78. The molecule has 34 heavy (non-hydrogen) atoms. The predicted octanol–water partition coefficient (Wildman–Crippen LogP) is 2.38. The number of likely N-dealkylation sites (N-methyl/N-ethyl adjacent to an activating group) is 1. The van der Waals surface area contributed by atoms with Crippen LogP contribution in [-0.2, 0) is 23.9 Å². The summed E-state index contributed by atoms with van der Waals surface area (Å²) < 4.78 is 10.9. The van der Waals surface area contributed by atoms with Crippen LogP contribution in [0.2, 0.25) is 0 Å². The maximum absolute atomic E-state index is 12.8. The first-order valence-corrected chi connectivity index (χ1v) is 12.6. The second kappa shape index (κ2) is 16.1. The summed E-state index contributed by atoms with van der Waals surface area (Å²) in [6.07, 6.45) is 4.81. The van der Waals surface area contributed by atoms with E-state index in [0.29, 0.717) is 64.7 Å². The maximum atomic E-state index is 12.8. The molecule has 0 saturated heterocycles. The molecule has 0 amide bonds. The molecule has 2 N–H and O–H groups in total. The molecule has 8 nitrogen and oxygen atoms in total. The molecule has 0 heterocycles.